The van der Waals surface area contributed by atoms with Crippen molar-refractivity contribution in [1.29, 1.82) is 0 Å². The molecule has 4 aromatic rings. The summed E-state index contributed by atoms with van der Waals surface area (Å²) in [5.74, 6) is -0.284. The molecule has 0 spiro atoms. The van der Waals surface area contributed by atoms with Crippen molar-refractivity contribution in [2.24, 2.45) is 0 Å². The number of aromatic nitrogens is 4. The van der Waals surface area contributed by atoms with E-state index in [-0.39, 0.29) is 11.8 Å². The SMILES string of the molecule is Cc1ccn2cc(CNC(=O)N(C)CCCc3cc(-c4cccc(F)c4)n[nH]3)nc2c1. The molecule has 8 heteroatoms. The number of carbonyl (C=O) groups excluding carboxylic acids is 1. The van der Waals surface area contributed by atoms with Crippen LogP contribution in [0, 0.1) is 12.7 Å². The lowest BCUT2D eigenvalue weighted by Crippen LogP contribution is -2.37. The fourth-order valence-electron chi connectivity index (χ4n) is 3.42. The number of urea groups is 1. The van der Waals surface area contributed by atoms with E-state index < -0.39 is 0 Å². The van der Waals surface area contributed by atoms with Crippen LogP contribution < -0.4 is 5.32 Å². The first-order chi connectivity index (χ1) is 15.0. The standard InChI is InChI=1S/C23H25FN6O/c1-16-8-10-30-15-20(26-22(30)11-16)14-25-23(31)29(2)9-4-7-19-13-21(28-27-19)17-5-3-6-18(24)12-17/h3,5-6,8,10-13,15H,4,7,9,14H2,1-2H3,(H,25,31)(H,27,28). The van der Waals surface area contributed by atoms with E-state index in [0.717, 1.165) is 41.0 Å². The van der Waals surface area contributed by atoms with Crippen LogP contribution in [-0.2, 0) is 13.0 Å². The van der Waals surface area contributed by atoms with Gasteiger partial charge >= 0.3 is 6.03 Å². The number of pyridine rings is 1. The molecule has 0 saturated carbocycles. The van der Waals surface area contributed by atoms with Gasteiger partial charge in [-0.15, -0.1) is 0 Å². The second-order valence-corrected chi connectivity index (χ2v) is 7.67. The zero-order chi connectivity index (χ0) is 21.8. The number of nitrogens with zero attached hydrogens (tertiary/aromatic N) is 4. The molecule has 0 fully saturated rings. The van der Waals surface area contributed by atoms with Crippen molar-refractivity contribution in [2.45, 2.75) is 26.3 Å². The van der Waals surface area contributed by atoms with Crippen LogP contribution in [0.5, 0.6) is 0 Å². The zero-order valence-corrected chi connectivity index (χ0v) is 17.6. The van der Waals surface area contributed by atoms with Gasteiger partial charge in [-0.05, 0) is 55.7 Å². The minimum absolute atomic E-state index is 0.140. The Kier molecular flexibility index (Phi) is 5.97. The Morgan fingerprint density at radius 3 is 2.97 bits per heavy atom. The Hall–Kier alpha value is -3.68. The van der Waals surface area contributed by atoms with Gasteiger partial charge in [-0.2, -0.15) is 5.10 Å². The van der Waals surface area contributed by atoms with E-state index in [9.17, 15) is 9.18 Å². The fourth-order valence-corrected chi connectivity index (χ4v) is 3.42. The normalized spacial score (nSPS) is 11.1. The summed E-state index contributed by atoms with van der Waals surface area (Å²) in [4.78, 5) is 18.6. The van der Waals surface area contributed by atoms with Gasteiger partial charge in [-0.3, -0.25) is 5.10 Å². The summed E-state index contributed by atoms with van der Waals surface area (Å²) in [6.07, 6.45) is 5.40. The van der Waals surface area contributed by atoms with Gasteiger partial charge < -0.3 is 14.6 Å². The lowest BCUT2D eigenvalue weighted by molar-refractivity contribution is 0.207. The summed E-state index contributed by atoms with van der Waals surface area (Å²) in [7, 11) is 1.77. The smallest absolute Gasteiger partial charge is 0.317 e. The van der Waals surface area contributed by atoms with Gasteiger partial charge in [0.15, 0.2) is 0 Å². The number of amides is 2. The highest BCUT2D eigenvalue weighted by Gasteiger charge is 2.10. The molecular weight excluding hydrogens is 395 g/mol. The second kappa shape index (κ2) is 8.99. The average molecular weight is 420 g/mol. The maximum absolute atomic E-state index is 13.4. The average Bonchev–Trinajstić information content (AvgIpc) is 3.38. The van der Waals surface area contributed by atoms with Crippen molar-refractivity contribution in [1.82, 2.24) is 29.8 Å². The fraction of sp³-hybridized carbons (Fsp3) is 0.261. The van der Waals surface area contributed by atoms with Crippen molar-refractivity contribution in [3.8, 4) is 11.3 Å². The third kappa shape index (κ3) is 5.09. The second-order valence-electron chi connectivity index (χ2n) is 7.67. The van der Waals surface area contributed by atoms with Gasteiger partial charge in [0.25, 0.3) is 0 Å². The molecule has 0 aliphatic rings. The van der Waals surface area contributed by atoms with Crippen LogP contribution in [0.4, 0.5) is 9.18 Å². The van der Waals surface area contributed by atoms with Gasteiger partial charge in [0.2, 0.25) is 0 Å². The molecule has 0 aliphatic heterocycles. The molecule has 160 valence electrons. The summed E-state index contributed by atoms with van der Waals surface area (Å²) >= 11 is 0. The van der Waals surface area contributed by atoms with Gasteiger partial charge in [-0.25, -0.2) is 14.2 Å². The number of hydrogen-bond donors (Lipinski definition) is 2. The number of benzene rings is 1. The van der Waals surface area contributed by atoms with Gasteiger partial charge in [0, 0.05) is 37.2 Å². The molecule has 0 atom stereocenters. The number of hydrogen-bond acceptors (Lipinski definition) is 3. The van der Waals surface area contributed by atoms with Gasteiger partial charge in [0.05, 0.1) is 17.9 Å². The maximum Gasteiger partial charge on any atom is 0.317 e. The molecule has 0 aliphatic carbocycles. The molecule has 0 unspecified atom stereocenters. The molecule has 0 radical (unpaired) electrons. The van der Waals surface area contributed by atoms with Crippen molar-refractivity contribution in [2.75, 3.05) is 13.6 Å². The molecule has 3 aromatic heterocycles. The van der Waals surface area contributed by atoms with Gasteiger partial charge in [-0.1, -0.05) is 12.1 Å². The molecule has 0 saturated heterocycles. The quantitative estimate of drug-likeness (QED) is 0.475. The van der Waals surface area contributed by atoms with Crippen LogP contribution in [0.2, 0.25) is 0 Å². The number of H-pyrrole nitrogens is 1. The lowest BCUT2D eigenvalue weighted by atomic mass is 10.1. The van der Waals surface area contributed by atoms with Crippen molar-refractivity contribution >= 4 is 11.7 Å². The predicted octanol–water partition coefficient (Wildman–Crippen LogP) is 3.95. The van der Waals surface area contributed by atoms with Crippen molar-refractivity contribution < 1.29 is 9.18 Å². The molecule has 1 aromatic carbocycles. The summed E-state index contributed by atoms with van der Waals surface area (Å²) in [5, 5.41) is 10.2. The topological polar surface area (TPSA) is 78.3 Å². The molecule has 7 nitrogen and oxygen atoms in total. The van der Waals surface area contributed by atoms with E-state index in [0.29, 0.717) is 18.8 Å². The van der Waals surface area contributed by atoms with Crippen LogP contribution in [-0.4, -0.2) is 44.1 Å². The number of aryl methyl sites for hydroxylation is 2. The predicted molar refractivity (Wildman–Crippen MR) is 117 cm³/mol. The number of nitrogens with one attached hydrogen (secondary N) is 2. The number of imidazole rings is 1. The molecular formula is C23H25FN6O. The third-order valence-corrected chi connectivity index (χ3v) is 5.12. The van der Waals surface area contributed by atoms with Crippen LogP contribution in [0.3, 0.4) is 0 Å². The minimum Gasteiger partial charge on any atom is -0.332 e. The molecule has 2 amide bonds. The molecule has 31 heavy (non-hydrogen) atoms. The first-order valence-corrected chi connectivity index (χ1v) is 10.2. The molecule has 0 bridgehead atoms. The van der Waals surface area contributed by atoms with E-state index in [2.05, 4.69) is 20.5 Å². The number of rotatable bonds is 7. The number of aromatic amines is 1. The number of carbonyl (C=O) groups is 1. The van der Waals surface area contributed by atoms with E-state index in [1.165, 1.54) is 12.1 Å². The highest BCUT2D eigenvalue weighted by Crippen LogP contribution is 2.19. The lowest BCUT2D eigenvalue weighted by Gasteiger charge is -2.17. The highest BCUT2D eigenvalue weighted by molar-refractivity contribution is 5.73. The summed E-state index contributed by atoms with van der Waals surface area (Å²) in [5.41, 5.74) is 5.23. The highest BCUT2D eigenvalue weighted by atomic mass is 19.1. The number of halogens is 1. The maximum atomic E-state index is 13.4. The Morgan fingerprint density at radius 1 is 1.26 bits per heavy atom. The van der Waals surface area contributed by atoms with E-state index in [4.69, 9.17) is 0 Å². The third-order valence-electron chi connectivity index (χ3n) is 5.12. The van der Waals surface area contributed by atoms with E-state index in [1.807, 2.05) is 48.0 Å². The first-order valence-electron chi connectivity index (χ1n) is 10.2. The Labute approximate surface area is 179 Å². The van der Waals surface area contributed by atoms with Crippen LogP contribution >= 0.6 is 0 Å². The summed E-state index contributed by atoms with van der Waals surface area (Å²) < 4.78 is 15.3. The van der Waals surface area contributed by atoms with Crippen molar-refractivity contribution in [3.63, 3.8) is 0 Å². The Balaban J connectivity index is 1.24. The summed E-state index contributed by atoms with van der Waals surface area (Å²) in [6, 6.07) is 12.2. The first kappa shape index (κ1) is 20.6. The van der Waals surface area contributed by atoms with Gasteiger partial charge in [0.1, 0.15) is 11.5 Å². The minimum atomic E-state index is -0.284. The zero-order valence-electron chi connectivity index (χ0n) is 17.6. The molecule has 4 rings (SSSR count). The van der Waals surface area contributed by atoms with Crippen LogP contribution in [0.25, 0.3) is 16.9 Å². The Bertz CT molecular complexity index is 1200. The van der Waals surface area contributed by atoms with Crippen LogP contribution in [0.15, 0.2) is 54.9 Å². The summed E-state index contributed by atoms with van der Waals surface area (Å²) in [6.45, 7) is 3.00. The van der Waals surface area contributed by atoms with E-state index in [1.54, 1.807) is 18.0 Å². The Morgan fingerprint density at radius 2 is 2.13 bits per heavy atom. The number of fused-ring (bicyclic) bond motifs is 1. The monoisotopic (exact) mass is 420 g/mol. The van der Waals surface area contributed by atoms with Crippen molar-refractivity contribution in [3.05, 3.63) is 77.6 Å². The van der Waals surface area contributed by atoms with E-state index >= 15 is 0 Å². The molecule has 3 heterocycles. The largest absolute Gasteiger partial charge is 0.332 e. The molecule has 2 N–H and O–H groups in total. The van der Waals surface area contributed by atoms with Crippen LogP contribution in [0.1, 0.15) is 23.4 Å².